The van der Waals surface area contributed by atoms with Crippen LogP contribution in [0.1, 0.15) is 11.1 Å². The van der Waals surface area contributed by atoms with Crippen LogP contribution in [0.4, 0.5) is 5.69 Å². The lowest BCUT2D eigenvalue weighted by Gasteiger charge is -2.10. The Hall–Kier alpha value is -3.15. The van der Waals surface area contributed by atoms with Gasteiger partial charge in [0.1, 0.15) is 6.07 Å². The third-order valence-corrected chi connectivity index (χ3v) is 5.13. The molecule has 0 fully saturated rings. The van der Waals surface area contributed by atoms with Crippen LogP contribution in [0.5, 0.6) is 0 Å². The molecule has 0 aliphatic heterocycles. The van der Waals surface area contributed by atoms with Crippen molar-refractivity contribution in [1.29, 1.82) is 5.26 Å². The fraction of sp³-hybridized carbons (Fsp3) is 0.238. The lowest BCUT2D eigenvalue weighted by atomic mass is 10.1. The highest BCUT2D eigenvalue weighted by Gasteiger charge is 2.16. The number of thioether (sulfide) groups is 1. The maximum Gasteiger partial charge on any atom is 0.234 e. The average Bonchev–Trinajstić information content (AvgIpc) is 3.14. The van der Waals surface area contributed by atoms with Crippen LogP contribution in [0.2, 0.25) is 0 Å². The number of ether oxygens (including phenoxy) is 1. The van der Waals surface area contributed by atoms with Crippen LogP contribution in [0, 0.1) is 18.3 Å². The van der Waals surface area contributed by atoms with E-state index in [1.54, 1.807) is 31.4 Å². The molecular weight excluding hydrogens is 386 g/mol. The second kappa shape index (κ2) is 9.87. The quantitative estimate of drug-likeness (QED) is 0.575. The molecule has 1 amide bonds. The van der Waals surface area contributed by atoms with Crippen LogP contribution in [-0.2, 0) is 16.1 Å². The molecule has 0 spiro atoms. The second-order valence-corrected chi connectivity index (χ2v) is 7.26. The minimum absolute atomic E-state index is 0.151. The van der Waals surface area contributed by atoms with Crippen LogP contribution in [-0.4, -0.2) is 40.1 Å². The molecule has 7 nitrogen and oxygen atoms in total. The number of hydrogen-bond acceptors (Lipinski definition) is 6. The number of hydrogen-bond donors (Lipinski definition) is 1. The molecule has 0 aliphatic rings. The van der Waals surface area contributed by atoms with E-state index in [1.165, 1.54) is 11.8 Å². The number of carbonyl (C=O) groups excluding carboxylic acids is 1. The van der Waals surface area contributed by atoms with Crippen LogP contribution >= 0.6 is 11.8 Å². The largest absolute Gasteiger partial charge is 0.383 e. The summed E-state index contributed by atoms with van der Waals surface area (Å²) < 4.78 is 7.18. The Morgan fingerprint density at radius 2 is 2.07 bits per heavy atom. The summed E-state index contributed by atoms with van der Waals surface area (Å²) in [4.78, 5) is 12.4. The molecule has 0 atom stereocenters. The van der Waals surface area contributed by atoms with Crippen LogP contribution < -0.4 is 5.32 Å². The minimum Gasteiger partial charge on any atom is -0.383 e. The van der Waals surface area contributed by atoms with Crippen molar-refractivity contribution in [2.45, 2.75) is 18.6 Å². The zero-order valence-electron chi connectivity index (χ0n) is 16.3. The van der Waals surface area contributed by atoms with Crippen LogP contribution in [0.25, 0.3) is 11.4 Å². The van der Waals surface area contributed by atoms with Gasteiger partial charge >= 0.3 is 0 Å². The van der Waals surface area contributed by atoms with Gasteiger partial charge < -0.3 is 10.1 Å². The number of nitrogens with one attached hydrogen (secondary N) is 1. The molecular formula is C21H21N5O2S. The summed E-state index contributed by atoms with van der Waals surface area (Å²) in [6.45, 7) is 3.11. The molecule has 1 aromatic heterocycles. The zero-order valence-corrected chi connectivity index (χ0v) is 17.1. The summed E-state index contributed by atoms with van der Waals surface area (Å²) in [6.07, 6.45) is 0. The van der Waals surface area contributed by atoms with E-state index >= 15 is 0 Å². The molecule has 8 heteroatoms. The first kappa shape index (κ1) is 20.6. The monoisotopic (exact) mass is 407 g/mol. The molecule has 1 heterocycles. The summed E-state index contributed by atoms with van der Waals surface area (Å²) in [5.74, 6) is 0.679. The summed E-state index contributed by atoms with van der Waals surface area (Å²) in [5, 5.41) is 21.2. The number of para-hydroxylation sites is 1. The van der Waals surface area contributed by atoms with Gasteiger partial charge in [-0.15, -0.1) is 10.2 Å². The fourth-order valence-corrected chi connectivity index (χ4v) is 3.55. The Morgan fingerprint density at radius 1 is 1.24 bits per heavy atom. The van der Waals surface area contributed by atoms with Crippen molar-refractivity contribution in [2.24, 2.45) is 0 Å². The standard InChI is InChI=1S/C21H21N5O2S/c1-15-6-5-8-16(12-15)20-24-25-21(26(20)10-11-28-2)29-14-19(27)23-18-9-4-3-7-17(18)13-22/h3-9,12H,10-11,14H2,1-2H3,(H,23,27). The predicted octanol–water partition coefficient (Wildman–Crippen LogP) is 3.50. The third kappa shape index (κ3) is 5.22. The van der Waals surface area contributed by atoms with Crippen molar-refractivity contribution in [3.8, 4) is 17.5 Å². The Balaban J connectivity index is 1.75. The lowest BCUT2D eigenvalue weighted by molar-refractivity contribution is -0.113. The summed E-state index contributed by atoms with van der Waals surface area (Å²) in [6, 6.07) is 17.0. The number of nitrogens with zero attached hydrogens (tertiary/aromatic N) is 4. The molecule has 1 N–H and O–H groups in total. The van der Waals surface area contributed by atoms with Gasteiger partial charge in [0.15, 0.2) is 11.0 Å². The third-order valence-electron chi connectivity index (χ3n) is 4.17. The highest BCUT2D eigenvalue weighted by atomic mass is 32.2. The van der Waals surface area contributed by atoms with Gasteiger partial charge in [0.25, 0.3) is 0 Å². The van der Waals surface area contributed by atoms with Gasteiger partial charge in [-0.1, -0.05) is 47.7 Å². The van der Waals surface area contributed by atoms with Crippen molar-refractivity contribution in [2.75, 3.05) is 24.8 Å². The number of methoxy groups -OCH3 is 1. The van der Waals surface area contributed by atoms with Crippen LogP contribution in [0.3, 0.4) is 0 Å². The number of nitriles is 1. The minimum atomic E-state index is -0.212. The van der Waals surface area contributed by atoms with E-state index in [2.05, 4.69) is 21.6 Å². The Morgan fingerprint density at radius 3 is 2.83 bits per heavy atom. The van der Waals surface area contributed by atoms with Gasteiger partial charge in [0.05, 0.1) is 30.2 Å². The first-order valence-corrected chi connectivity index (χ1v) is 10.0. The molecule has 148 valence electrons. The number of aromatic nitrogens is 3. The van der Waals surface area contributed by atoms with Gasteiger partial charge in [-0.25, -0.2) is 0 Å². The van der Waals surface area contributed by atoms with E-state index in [9.17, 15) is 4.79 Å². The average molecular weight is 407 g/mol. The molecule has 29 heavy (non-hydrogen) atoms. The SMILES string of the molecule is COCCn1c(SCC(=O)Nc2ccccc2C#N)nnc1-c1cccc(C)c1. The molecule has 3 aromatic rings. The maximum absolute atomic E-state index is 12.4. The predicted molar refractivity (Wildman–Crippen MR) is 113 cm³/mol. The number of amides is 1. The molecule has 3 rings (SSSR count). The van der Waals surface area contributed by atoms with Gasteiger partial charge in [-0.3, -0.25) is 9.36 Å². The first-order valence-electron chi connectivity index (χ1n) is 9.03. The Bertz CT molecular complexity index is 1040. The molecule has 0 saturated heterocycles. The van der Waals surface area contributed by atoms with Gasteiger partial charge in [-0.05, 0) is 25.1 Å². The fourth-order valence-electron chi connectivity index (χ4n) is 2.78. The number of anilines is 1. The van der Waals surface area contributed by atoms with Crippen molar-refractivity contribution >= 4 is 23.4 Å². The van der Waals surface area contributed by atoms with Crippen molar-refractivity contribution in [3.63, 3.8) is 0 Å². The highest BCUT2D eigenvalue weighted by Crippen LogP contribution is 2.25. The zero-order chi connectivity index (χ0) is 20.6. The molecule has 0 bridgehead atoms. The number of rotatable bonds is 8. The number of carbonyl (C=O) groups is 1. The number of aryl methyl sites for hydroxylation is 1. The smallest absolute Gasteiger partial charge is 0.234 e. The van der Waals surface area contributed by atoms with Crippen molar-refractivity contribution in [1.82, 2.24) is 14.8 Å². The number of benzene rings is 2. The maximum atomic E-state index is 12.4. The second-order valence-electron chi connectivity index (χ2n) is 6.31. The van der Waals surface area contributed by atoms with E-state index < -0.39 is 0 Å². The lowest BCUT2D eigenvalue weighted by Crippen LogP contribution is -2.16. The topological polar surface area (TPSA) is 92.8 Å². The van der Waals surface area contributed by atoms with Crippen molar-refractivity contribution in [3.05, 3.63) is 59.7 Å². The molecule has 0 radical (unpaired) electrons. The summed E-state index contributed by atoms with van der Waals surface area (Å²) in [7, 11) is 1.64. The molecule has 0 saturated carbocycles. The molecule has 2 aromatic carbocycles. The van der Waals surface area contributed by atoms with Gasteiger partial charge in [0, 0.05) is 12.7 Å². The van der Waals surface area contributed by atoms with Crippen molar-refractivity contribution < 1.29 is 9.53 Å². The van der Waals surface area contributed by atoms with E-state index in [0.717, 1.165) is 17.0 Å². The summed E-state index contributed by atoms with van der Waals surface area (Å²) >= 11 is 1.30. The Labute approximate surface area is 173 Å². The Kier molecular flexibility index (Phi) is 7.00. The normalized spacial score (nSPS) is 10.5. The summed E-state index contributed by atoms with van der Waals surface area (Å²) in [5.41, 5.74) is 3.03. The molecule has 0 unspecified atom stereocenters. The van der Waals surface area contributed by atoms with E-state index in [1.807, 2.05) is 35.8 Å². The van der Waals surface area contributed by atoms with Gasteiger partial charge in [-0.2, -0.15) is 5.26 Å². The van der Waals surface area contributed by atoms with E-state index in [4.69, 9.17) is 10.00 Å². The highest BCUT2D eigenvalue weighted by molar-refractivity contribution is 7.99. The first-order chi connectivity index (χ1) is 14.1. The van der Waals surface area contributed by atoms with Gasteiger partial charge in [0.2, 0.25) is 5.91 Å². The van der Waals surface area contributed by atoms with E-state index in [-0.39, 0.29) is 11.7 Å². The van der Waals surface area contributed by atoms with Crippen LogP contribution in [0.15, 0.2) is 53.7 Å². The molecule has 0 aliphatic carbocycles. The van der Waals surface area contributed by atoms with E-state index in [0.29, 0.717) is 29.6 Å².